The molecule has 1 heterocycles. The molecule has 2 aliphatic rings. The molecule has 2 fully saturated rings. The molecule has 1 aliphatic carbocycles. The van der Waals surface area contributed by atoms with Gasteiger partial charge in [0.05, 0.1) is 6.54 Å². The van der Waals surface area contributed by atoms with Gasteiger partial charge in [-0.3, -0.25) is 9.59 Å². The zero-order chi connectivity index (χ0) is 16.8. The van der Waals surface area contributed by atoms with Gasteiger partial charge in [0.1, 0.15) is 5.75 Å². The Kier molecular flexibility index (Phi) is 5.72. The summed E-state index contributed by atoms with van der Waals surface area (Å²) < 4.78 is 5.38. The summed E-state index contributed by atoms with van der Waals surface area (Å²) in [6.45, 7) is 1.69. The first-order valence-corrected chi connectivity index (χ1v) is 8.94. The minimum Gasteiger partial charge on any atom is -0.484 e. The molecule has 130 valence electrons. The molecular weight excluding hydrogens is 304 g/mol. The van der Waals surface area contributed by atoms with Crippen molar-refractivity contribution in [2.45, 2.75) is 32.1 Å². The molecular formula is C19H26N2O3. The average molecular weight is 330 g/mol. The number of hydrogen-bond donors (Lipinski definition) is 1. The van der Waals surface area contributed by atoms with E-state index in [0.29, 0.717) is 11.7 Å². The van der Waals surface area contributed by atoms with Crippen molar-refractivity contribution in [3.05, 3.63) is 30.3 Å². The van der Waals surface area contributed by atoms with Crippen LogP contribution in [-0.2, 0) is 9.59 Å². The zero-order valence-corrected chi connectivity index (χ0v) is 14.1. The van der Waals surface area contributed by atoms with Crippen molar-refractivity contribution in [1.29, 1.82) is 0 Å². The van der Waals surface area contributed by atoms with Crippen molar-refractivity contribution < 1.29 is 14.3 Å². The van der Waals surface area contributed by atoms with E-state index in [-0.39, 0.29) is 25.0 Å². The Morgan fingerprint density at radius 1 is 1.08 bits per heavy atom. The third-order valence-electron chi connectivity index (χ3n) is 5.19. The number of carbonyl (C=O) groups excluding carboxylic acids is 2. The fraction of sp³-hybridized carbons (Fsp3) is 0.579. The first kappa shape index (κ1) is 16.8. The van der Waals surface area contributed by atoms with Crippen molar-refractivity contribution in [3.63, 3.8) is 0 Å². The van der Waals surface area contributed by atoms with Gasteiger partial charge in [0, 0.05) is 13.1 Å². The van der Waals surface area contributed by atoms with E-state index in [1.165, 1.54) is 25.7 Å². The summed E-state index contributed by atoms with van der Waals surface area (Å²) in [6.07, 6.45) is 6.30. The number of likely N-dealkylation sites (tertiary alicyclic amines) is 1. The predicted molar refractivity (Wildman–Crippen MR) is 91.6 cm³/mol. The molecule has 1 aromatic rings. The van der Waals surface area contributed by atoms with Gasteiger partial charge in [-0.25, -0.2) is 0 Å². The Bertz CT molecular complexity index is 561. The smallest absolute Gasteiger partial charge is 0.258 e. The summed E-state index contributed by atoms with van der Waals surface area (Å²) in [7, 11) is 0. The fourth-order valence-corrected chi connectivity index (χ4v) is 3.83. The highest BCUT2D eigenvalue weighted by molar-refractivity contribution is 5.85. The molecule has 24 heavy (non-hydrogen) atoms. The van der Waals surface area contributed by atoms with Crippen LogP contribution in [0.15, 0.2) is 30.3 Å². The van der Waals surface area contributed by atoms with Crippen molar-refractivity contribution in [2.75, 3.05) is 26.2 Å². The van der Waals surface area contributed by atoms with Gasteiger partial charge in [-0.05, 0) is 36.8 Å². The topological polar surface area (TPSA) is 58.6 Å². The van der Waals surface area contributed by atoms with Gasteiger partial charge in [-0.1, -0.05) is 37.5 Å². The SMILES string of the molecule is O=C(COc1ccccc1)NCC(=O)N1CC[C@@H]2CCCC[C@H]2C1. The lowest BCUT2D eigenvalue weighted by atomic mass is 9.75. The summed E-state index contributed by atoms with van der Waals surface area (Å²) >= 11 is 0. The van der Waals surface area contributed by atoms with Crippen LogP contribution in [0.2, 0.25) is 0 Å². The van der Waals surface area contributed by atoms with Crippen LogP contribution in [0.1, 0.15) is 32.1 Å². The summed E-state index contributed by atoms with van der Waals surface area (Å²) in [4.78, 5) is 26.1. The number of ether oxygens (including phenoxy) is 1. The van der Waals surface area contributed by atoms with Gasteiger partial charge in [0.25, 0.3) is 5.91 Å². The fourth-order valence-electron chi connectivity index (χ4n) is 3.83. The van der Waals surface area contributed by atoms with E-state index < -0.39 is 0 Å². The molecule has 0 spiro atoms. The highest BCUT2D eigenvalue weighted by Crippen LogP contribution is 2.35. The Balaban J connectivity index is 1.38. The Hall–Kier alpha value is -2.04. The highest BCUT2D eigenvalue weighted by atomic mass is 16.5. The van der Waals surface area contributed by atoms with Crippen molar-refractivity contribution in [3.8, 4) is 5.75 Å². The second kappa shape index (κ2) is 8.18. The molecule has 1 aromatic carbocycles. The standard InChI is InChI=1S/C19H26N2O3/c22-18(14-24-17-8-2-1-3-9-17)20-12-19(23)21-11-10-15-6-4-5-7-16(15)13-21/h1-3,8-9,15-16H,4-7,10-14H2,(H,20,22)/t15-,16-/m0/s1. The van der Waals surface area contributed by atoms with Gasteiger partial charge < -0.3 is 15.0 Å². The van der Waals surface area contributed by atoms with Crippen LogP contribution in [0.5, 0.6) is 5.75 Å². The monoisotopic (exact) mass is 330 g/mol. The first-order valence-electron chi connectivity index (χ1n) is 8.94. The van der Waals surface area contributed by atoms with Crippen LogP contribution in [0.3, 0.4) is 0 Å². The van der Waals surface area contributed by atoms with Gasteiger partial charge in [0.2, 0.25) is 5.91 Å². The van der Waals surface area contributed by atoms with Crippen LogP contribution in [0.4, 0.5) is 0 Å². The minimum absolute atomic E-state index is 0.0204. The number of rotatable bonds is 5. The molecule has 1 aliphatic heterocycles. The lowest BCUT2D eigenvalue weighted by Crippen LogP contribution is -2.48. The zero-order valence-electron chi connectivity index (χ0n) is 14.1. The number of hydrogen-bond acceptors (Lipinski definition) is 3. The molecule has 1 N–H and O–H groups in total. The second-order valence-electron chi connectivity index (χ2n) is 6.81. The maximum Gasteiger partial charge on any atom is 0.258 e. The number of benzene rings is 1. The van der Waals surface area contributed by atoms with E-state index in [9.17, 15) is 9.59 Å². The molecule has 1 saturated carbocycles. The third kappa shape index (κ3) is 4.49. The normalized spacial score (nSPS) is 23.2. The van der Waals surface area contributed by atoms with E-state index in [1.54, 1.807) is 12.1 Å². The van der Waals surface area contributed by atoms with Crippen LogP contribution in [0, 0.1) is 11.8 Å². The molecule has 2 atom stereocenters. The maximum absolute atomic E-state index is 12.3. The molecule has 0 unspecified atom stereocenters. The third-order valence-corrected chi connectivity index (χ3v) is 5.19. The number of nitrogens with zero attached hydrogens (tertiary/aromatic N) is 1. The number of piperidine rings is 1. The lowest BCUT2D eigenvalue weighted by molar-refractivity contribution is -0.135. The Labute approximate surface area is 143 Å². The number of para-hydroxylation sites is 1. The van der Waals surface area contributed by atoms with Gasteiger partial charge in [-0.2, -0.15) is 0 Å². The Morgan fingerprint density at radius 3 is 2.62 bits per heavy atom. The molecule has 0 radical (unpaired) electrons. The molecule has 2 amide bonds. The lowest BCUT2D eigenvalue weighted by Gasteiger charge is -2.41. The molecule has 1 saturated heterocycles. The van der Waals surface area contributed by atoms with Crippen LogP contribution < -0.4 is 10.1 Å². The van der Waals surface area contributed by atoms with Gasteiger partial charge >= 0.3 is 0 Å². The molecule has 0 aromatic heterocycles. The number of carbonyl (C=O) groups is 2. The molecule has 0 bridgehead atoms. The van der Waals surface area contributed by atoms with E-state index in [0.717, 1.165) is 25.4 Å². The largest absolute Gasteiger partial charge is 0.484 e. The van der Waals surface area contributed by atoms with Crippen molar-refractivity contribution >= 4 is 11.8 Å². The van der Waals surface area contributed by atoms with E-state index in [4.69, 9.17) is 4.74 Å². The van der Waals surface area contributed by atoms with E-state index in [2.05, 4.69) is 5.32 Å². The van der Waals surface area contributed by atoms with Crippen LogP contribution in [0.25, 0.3) is 0 Å². The number of fused-ring (bicyclic) bond motifs is 1. The van der Waals surface area contributed by atoms with Gasteiger partial charge in [0.15, 0.2) is 6.61 Å². The van der Waals surface area contributed by atoms with Crippen LogP contribution >= 0.6 is 0 Å². The minimum atomic E-state index is -0.264. The van der Waals surface area contributed by atoms with E-state index in [1.807, 2.05) is 23.1 Å². The average Bonchev–Trinajstić information content (AvgIpc) is 2.65. The maximum atomic E-state index is 12.3. The molecule has 5 heteroatoms. The summed E-state index contributed by atoms with van der Waals surface area (Å²) in [5, 5.41) is 2.67. The van der Waals surface area contributed by atoms with Crippen molar-refractivity contribution in [2.24, 2.45) is 11.8 Å². The molecule has 3 rings (SSSR count). The van der Waals surface area contributed by atoms with Crippen molar-refractivity contribution in [1.82, 2.24) is 10.2 Å². The predicted octanol–water partition coefficient (Wildman–Crippen LogP) is 2.22. The van der Waals surface area contributed by atoms with E-state index >= 15 is 0 Å². The number of amides is 2. The summed E-state index contributed by atoms with van der Waals surface area (Å²) in [5.74, 6) is 1.87. The van der Waals surface area contributed by atoms with Gasteiger partial charge in [-0.15, -0.1) is 0 Å². The Morgan fingerprint density at radius 2 is 1.83 bits per heavy atom. The second-order valence-corrected chi connectivity index (χ2v) is 6.81. The highest BCUT2D eigenvalue weighted by Gasteiger charge is 2.32. The number of nitrogens with one attached hydrogen (secondary N) is 1. The van der Waals surface area contributed by atoms with Crippen LogP contribution in [-0.4, -0.2) is 43.0 Å². The quantitative estimate of drug-likeness (QED) is 0.900. The molecule has 5 nitrogen and oxygen atoms in total. The first-order chi connectivity index (χ1) is 11.7. The summed E-state index contributed by atoms with van der Waals surface area (Å²) in [6, 6.07) is 9.19. The summed E-state index contributed by atoms with van der Waals surface area (Å²) in [5.41, 5.74) is 0.